The van der Waals surface area contributed by atoms with Crippen molar-refractivity contribution in [3.63, 3.8) is 0 Å². The normalized spacial score (nSPS) is 39.6. The smallest absolute Gasteiger partial charge is 0.331 e. The Hall–Kier alpha value is -1.73. The third-order valence-corrected chi connectivity index (χ3v) is 7.59. The van der Waals surface area contributed by atoms with Crippen molar-refractivity contribution in [3.05, 3.63) is 48.6 Å². The Morgan fingerprint density at radius 1 is 0.946 bits per heavy atom. The van der Waals surface area contributed by atoms with Gasteiger partial charge < -0.3 is 25.2 Å². The maximum atomic E-state index is 12.6. The fourth-order valence-corrected chi connectivity index (χ4v) is 4.78. The minimum atomic E-state index is -0.816. The minimum Gasteiger partial charge on any atom is -0.458 e. The third-order valence-electron chi connectivity index (χ3n) is 7.59. The number of cyclic esters (lactones) is 1. The number of ether oxygens (including phenoxy) is 1. The zero-order valence-electron chi connectivity index (χ0n) is 23.7. The molecular formula is C31H52O6. The Bertz CT molecular complexity index is 757. The summed E-state index contributed by atoms with van der Waals surface area (Å²) in [7, 11) is 0. The summed E-state index contributed by atoms with van der Waals surface area (Å²) >= 11 is 0. The first-order chi connectivity index (χ1) is 17.5. The van der Waals surface area contributed by atoms with Gasteiger partial charge in [-0.2, -0.15) is 0 Å². The Balaban J connectivity index is 3.09. The fraction of sp³-hybridized carbons (Fsp3) is 0.710. The van der Waals surface area contributed by atoms with Crippen molar-refractivity contribution < 1.29 is 30.0 Å². The summed E-state index contributed by atoms with van der Waals surface area (Å²) in [6.45, 7) is 11.8. The van der Waals surface area contributed by atoms with Gasteiger partial charge in [-0.25, -0.2) is 4.79 Å². The second-order valence-electron chi connectivity index (χ2n) is 11.0. The van der Waals surface area contributed by atoms with Gasteiger partial charge in [0.05, 0.1) is 24.4 Å². The van der Waals surface area contributed by atoms with E-state index in [0.29, 0.717) is 6.42 Å². The number of allylic oxidation sites excluding steroid dienone is 3. The van der Waals surface area contributed by atoms with E-state index in [-0.39, 0.29) is 36.0 Å². The van der Waals surface area contributed by atoms with Crippen LogP contribution in [-0.2, 0) is 9.53 Å². The summed E-state index contributed by atoms with van der Waals surface area (Å²) in [6.07, 6.45) is 14.9. The number of esters is 1. The SMILES string of the molecule is CC/C=C\[C@H](C)[C@@H]1OC(=O)/C=C\C=C\[C@H](C)[C@@H](O)C[C@H](O)/C=C/[C@H](C)[C@H](O)[C@@H](C)CCCC[C@@H](O)[C@@H]1C. The highest BCUT2D eigenvalue weighted by atomic mass is 16.5. The second kappa shape index (κ2) is 17.7. The molecule has 37 heavy (non-hydrogen) atoms. The van der Waals surface area contributed by atoms with E-state index < -0.39 is 36.5 Å². The predicted octanol–water partition coefficient (Wildman–Crippen LogP) is 5.12. The number of hydrogen-bond acceptors (Lipinski definition) is 6. The van der Waals surface area contributed by atoms with Gasteiger partial charge in [0.2, 0.25) is 0 Å². The van der Waals surface area contributed by atoms with Crippen LogP contribution in [-0.4, -0.2) is 56.9 Å². The van der Waals surface area contributed by atoms with Crippen LogP contribution in [0.15, 0.2) is 48.6 Å². The van der Waals surface area contributed by atoms with E-state index >= 15 is 0 Å². The molecular weight excluding hydrogens is 468 g/mol. The fourth-order valence-electron chi connectivity index (χ4n) is 4.78. The lowest BCUT2D eigenvalue weighted by atomic mass is 9.85. The van der Waals surface area contributed by atoms with Gasteiger partial charge in [-0.05, 0) is 25.2 Å². The Labute approximate surface area is 224 Å². The Morgan fingerprint density at radius 3 is 2.30 bits per heavy atom. The van der Waals surface area contributed by atoms with Crippen LogP contribution < -0.4 is 0 Å². The molecule has 0 unspecified atom stereocenters. The van der Waals surface area contributed by atoms with Gasteiger partial charge in [-0.1, -0.05) is 96.9 Å². The van der Waals surface area contributed by atoms with Gasteiger partial charge in [0.1, 0.15) is 6.10 Å². The first-order valence-corrected chi connectivity index (χ1v) is 14.1. The lowest BCUT2D eigenvalue weighted by molar-refractivity contribution is -0.150. The Morgan fingerprint density at radius 2 is 1.62 bits per heavy atom. The van der Waals surface area contributed by atoms with Gasteiger partial charge in [-0.15, -0.1) is 0 Å². The first kappa shape index (κ1) is 33.3. The molecule has 10 atom stereocenters. The number of carbonyl (C=O) groups is 1. The van der Waals surface area contributed by atoms with E-state index in [9.17, 15) is 25.2 Å². The number of aliphatic hydroxyl groups is 4. The van der Waals surface area contributed by atoms with Crippen molar-refractivity contribution in [1.29, 1.82) is 0 Å². The van der Waals surface area contributed by atoms with E-state index in [4.69, 9.17) is 4.74 Å². The van der Waals surface area contributed by atoms with Crippen LogP contribution in [0.2, 0.25) is 0 Å². The van der Waals surface area contributed by atoms with Crippen LogP contribution >= 0.6 is 0 Å². The van der Waals surface area contributed by atoms with E-state index in [2.05, 4.69) is 0 Å². The molecule has 0 aromatic rings. The molecule has 4 N–H and O–H groups in total. The summed E-state index contributed by atoms with van der Waals surface area (Å²) < 4.78 is 5.82. The standard InChI is InChI=1S/C31H52O6/c1-7-8-13-24(5)31-25(6)27(33)16-11-9-15-22(3)30(36)23(4)18-19-26(32)20-28(34)21(2)14-10-12-17-29(35)37-31/h8,10,12-14,17-19,21-28,30-34,36H,7,9,11,15-16,20H2,1-6H3/b13-8-,14-10+,17-12-,19-18+/t21-,22-,23-,24-,25-,26+,27+,28-,30+,31-/m0/s1. The zero-order valence-corrected chi connectivity index (χ0v) is 23.7. The zero-order chi connectivity index (χ0) is 28.0. The molecule has 0 fully saturated rings. The summed E-state index contributed by atoms with van der Waals surface area (Å²) in [5.74, 6) is -1.04. The number of carbonyl (C=O) groups excluding carboxylic acids is 1. The summed E-state index contributed by atoms with van der Waals surface area (Å²) in [4.78, 5) is 12.6. The van der Waals surface area contributed by atoms with Crippen LogP contribution in [0, 0.1) is 29.6 Å². The first-order valence-electron chi connectivity index (χ1n) is 14.1. The summed E-state index contributed by atoms with van der Waals surface area (Å²) in [5, 5.41) is 42.4. The van der Waals surface area contributed by atoms with Crippen molar-refractivity contribution in [2.75, 3.05) is 0 Å². The highest BCUT2D eigenvalue weighted by molar-refractivity contribution is 5.82. The van der Waals surface area contributed by atoms with Gasteiger partial charge in [0, 0.05) is 36.2 Å². The molecule has 0 saturated carbocycles. The molecule has 0 amide bonds. The average molecular weight is 521 g/mol. The van der Waals surface area contributed by atoms with Crippen LogP contribution in [0.25, 0.3) is 0 Å². The third kappa shape index (κ3) is 12.6. The molecule has 1 aliphatic rings. The molecule has 1 heterocycles. The number of aliphatic hydroxyl groups excluding tert-OH is 4. The molecule has 0 radical (unpaired) electrons. The largest absolute Gasteiger partial charge is 0.458 e. The van der Waals surface area contributed by atoms with Gasteiger partial charge in [0.15, 0.2) is 0 Å². The van der Waals surface area contributed by atoms with Crippen molar-refractivity contribution in [3.8, 4) is 0 Å². The topological polar surface area (TPSA) is 107 Å². The molecule has 0 bridgehead atoms. The summed E-state index contributed by atoms with van der Waals surface area (Å²) in [6, 6.07) is 0. The highest BCUT2D eigenvalue weighted by Gasteiger charge is 2.30. The molecule has 0 spiro atoms. The van der Waals surface area contributed by atoms with E-state index in [0.717, 1.165) is 25.7 Å². The maximum absolute atomic E-state index is 12.6. The van der Waals surface area contributed by atoms with Crippen molar-refractivity contribution in [1.82, 2.24) is 0 Å². The van der Waals surface area contributed by atoms with Gasteiger partial charge in [0.25, 0.3) is 0 Å². The molecule has 212 valence electrons. The maximum Gasteiger partial charge on any atom is 0.331 e. The van der Waals surface area contributed by atoms with E-state index in [1.54, 1.807) is 24.3 Å². The molecule has 1 aliphatic heterocycles. The number of hydrogen-bond donors (Lipinski definition) is 4. The molecule has 0 saturated heterocycles. The van der Waals surface area contributed by atoms with E-state index in [1.165, 1.54) is 6.08 Å². The average Bonchev–Trinajstić information content (AvgIpc) is 2.87. The summed E-state index contributed by atoms with van der Waals surface area (Å²) in [5.41, 5.74) is 0. The Kier molecular flexibility index (Phi) is 15.9. The van der Waals surface area contributed by atoms with Crippen LogP contribution in [0.4, 0.5) is 0 Å². The van der Waals surface area contributed by atoms with Gasteiger partial charge in [-0.3, -0.25) is 0 Å². The van der Waals surface area contributed by atoms with Gasteiger partial charge >= 0.3 is 5.97 Å². The van der Waals surface area contributed by atoms with E-state index in [1.807, 2.05) is 59.8 Å². The van der Waals surface area contributed by atoms with Crippen LogP contribution in [0.3, 0.4) is 0 Å². The molecule has 0 aliphatic carbocycles. The molecule has 1 rings (SSSR count). The molecule has 6 heteroatoms. The predicted molar refractivity (Wildman–Crippen MR) is 150 cm³/mol. The lowest BCUT2D eigenvalue weighted by Crippen LogP contribution is -2.37. The lowest BCUT2D eigenvalue weighted by Gasteiger charge is -2.31. The molecule has 0 aromatic heterocycles. The quantitative estimate of drug-likeness (QED) is 0.304. The van der Waals surface area contributed by atoms with Crippen molar-refractivity contribution in [2.24, 2.45) is 29.6 Å². The monoisotopic (exact) mass is 520 g/mol. The number of rotatable bonds is 3. The highest BCUT2D eigenvalue weighted by Crippen LogP contribution is 2.26. The van der Waals surface area contributed by atoms with Crippen LogP contribution in [0.1, 0.15) is 80.1 Å². The molecule has 6 nitrogen and oxygen atoms in total. The molecule has 0 aromatic carbocycles. The minimum absolute atomic E-state index is 0.0469. The second-order valence-corrected chi connectivity index (χ2v) is 11.0. The van der Waals surface area contributed by atoms with Crippen molar-refractivity contribution in [2.45, 2.75) is 111 Å². The van der Waals surface area contributed by atoms with Crippen LogP contribution in [0.5, 0.6) is 0 Å². The van der Waals surface area contributed by atoms with Crippen molar-refractivity contribution >= 4 is 5.97 Å².